The van der Waals surface area contributed by atoms with Crippen molar-refractivity contribution in [1.29, 1.82) is 0 Å². The van der Waals surface area contributed by atoms with Gasteiger partial charge in [0.2, 0.25) is 5.91 Å². The fourth-order valence-electron chi connectivity index (χ4n) is 3.67. The van der Waals surface area contributed by atoms with Gasteiger partial charge in [-0.15, -0.1) is 0 Å². The van der Waals surface area contributed by atoms with Crippen LogP contribution in [0.25, 0.3) is 0 Å². The van der Waals surface area contributed by atoms with Gasteiger partial charge in [-0.25, -0.2) is 0 Å². The minimum Gasteiger partial charge on any atom is -0.497 e. The number of amides is 2. The number of ether oxygens (including phenoxy) is 2. The molecule has 0 heterocycles. The van der Waals surface area contributed by atoms with Crippen LogP contribution in [0.5, 0.6) is 11.5 Å². The highest BCUT2D eigenvalue weighted by Gasteiger charge is 2.29. The van der Waals surface area contributed by atoms with Crippen LogP contribution in [0.2, 0.25) is 0 Å². The maximum Gasteiger partial charge on any atom is 0.252 e. The van der Waals surface area contributed by atoms with E-state index in [0.29, 0.717) is 17.1 Å². The Morgan fingerprint density at radius 1 is 1.03 bits per heavy atom. The molecule has 2 atom stereocenters. The Morgan fingerprint density at radius 3 is 2.31 bits per heavy atom. The van der Waals surface area contributed by atoms with Crippen LogP contribution in [0.3, 0.4) is 0 Å². The number of carbonyl (C=O) groups excluding carboxylic acids is 2. The molecule has 2 aromatic carbocycles. The number of rotatable bonds is 7. The third kappa shape index (κ3) is 4.70. The van der Waals surface area contributed by atoms with Gasteiger partial charge in [-0.2, -0.15) is 0 Å². The number of aryl methyl sites for hydroxylation is 1. The molecule has 2 aromatic rings. The molecule has 1 unspecified atom stereocenters. The molecule has 0 radical (unpaired) electrons. The first-order valence-electron chi connectivity index (χ1n) is 9.85. The number of benzene rings is 2. The van der Waals surface area contributed by atoms with E-state index in [4.69, 9.17) is 9.47 Å². The van der Waals surface area contributed by atoms with Crippen LogP contribution in [0.15, 0.2) is 42.5 Å². The van der Waals surface area contributed by atoms with Crippen LogP contribution in [0.4, 0.5) is 0 Å². The second kappa shape index (κ2) is 8.99. The van der Waals surface area contributed by atoms with Crippen LogP contribution in [0, 0.1) is 5.92 Å². The highest BCUT2D eigenvalue weighted by atomic mass is 16.5. The van der Waals surface area contributed by atoms with E-state index in [1.54, 1.807) is 18.2 Å². The molecule has 3 rings (SSSR count). The average Bonchev–Trinajstić information content (AvgIpc) is 3.13. The SMILES string of the molecule is COc1cc(OC)cc(C(=O)N[C@H](C(=O)NC2CCc3ccccc32)C(C)C)c1. The lowest BCUT2D eigenvalue weighted by Gasteiger charge is -2.24. The van der Waals surface area contributed by atoms with Gasteiger partial charge >= 0.3 is 0 Å². The average molecular weight is 396 g/mol. The summed E-state index contributed by atoms with van der Waals surface area (Å²) in [6.45, 7) is 3.83. The van der Waals surface area contributed by atoms with Gasteiger partial charge in [-0.05, 0) is 42.0 Å². The second-order valence-electron chi connectivity index (χ2n) is 7.60. The molecule has 29 heavy (non-hydrogen) atoms. The molecule has 0 fully saturated rings. The van der Waals surface area contributed by atoms with E-state index in [1.807, 2.05) is 26.0 Å². The predicted octanol–water partition coefficient (Wildman–Crippen LogP) is 3.26. The van der Waals surface area contributed by atoms with E-state index in [0.717, 1.165) is 18.4 Å². The standard InChI is InChI=1S/C23H28N2O4/c1-14(2)21(23(27)24-20-10-9-15-7-5-6-8-19(15)20)25-22(26)16-11-17(28-3)13-18(12-16)29-4/h5-8,11-14,20-21H,9-10H2,1-4H3,(H,24,27)(H,25,26)/t20?,21-/m0/s1. The number of nitrogens with one attached hydrogen (secondary N) is 2. The van der Waals surface area contributed by atoms with Gasteiger partial charge < -0.3 is 20.1 Å². The van der Waals surface area contributed by atoms with Gasteiger partial charge in [0.25, 0.3) is 5.91 Å². The maximum absolute atomic E-state index is 13.0. The summed E-state index contributed by atoms with van der Waals surface area (Å²) in [6.07, 6.45) is 1.82. The van der Waals surface area contributed by atoms with Crippen molar-refractivity contribution in [1.82, 2.24) is 10.6 Å². The molecule has 0 aromatic heterocycles. The zero-order valence-electron chi connectivity index (χ0n) is 17.3. The Bertz CT molecular complexity index is 872. The summed E-state index contributed by atoms with van der Waals surface area (Å²) in [4.78, 5) is 25.8. The normalized spacial score (nSPS) is 16.1. The third-order valence-electron chi connectivity index (χ3n) is 5.30. The molecule has 6 nitrogen and oxygen atoms in total. The summed E-state index contributed by atoms with van der Waals surface area (Å²) >= 11 is 0. The molecular formula is C23H28N2O4. The first kappa shape index (κ1) is 20.7. The molecule has 2 N–H and O–H groups in total. The van der Waals surface area contributed by atoms with E-state index in [9.17, 15) is 9.59 Å². The summed E-state index contributed by atoms with van der Waals surface area (Å²) in [6, 6.07) is 12.4. The molecule has 0 saturated heterocycles. The number of methoxy groups -OCH3 is 2. The summed E-state index contributed by atoms with van der Waals surface area (Å²) < 4.78 is 10.5. The highest BCUT2D eigenvalue weighted by Crippen LogP contribution is 2.31. The van der Waals surface area contributed by atoms with Gasteiger partial charge in [0.05, 0.1) is 20.3 Å². The van der Waals surface area contributed by atoms with Crippen LogP contribution >= 0.6 is 0 Å². The van der Waals surface area contributed by atoms with Crippen molar-refractivity contribution in [2.24, 2.45) is 5.92 Å². The first-order chi connectivity index (χ1) is 13.9. The minimum atomic E-state index is -0.646. The van der Waals surface area contributed by atoms with E-state index >= 15 is 0 Å². The summed E-state index contributed by atoms with van der Waals surface area (Å²) in [5.74, 6) is 0.445. The Labute approximate surface area is 171 Å². The Hall–Kier alpha value is -3.02. The lowest BCUT2D eigenvalue weighted by atomic mass is 10.0. The second-order valence-corrected chi connectivity index (χ2v) is 7.60. The molecule has 0 bridgehead atoms. The Kier molecular flexibility index (Phi) is 6.42. The summed E-state index contributed by atoms with van der Waals surface area (Å²) in [5.41, 5.74) is 2.81. The molecule has 1 aliphatic rings. The lowest BCUT2D eigenvalue weighted by molar-refractivity contribution is -0.124. The number of fused-ring (bicyclic) bond motifs is 1. The van der Waals surface area contributed by atoms with Gasteiger partial charge in [-0.3, -0.25) is 9.59 Å². The van der Waals surface area contributed by atoms with Crippen molar-refractivity contribution in [2.75, 3.05) is 14.2 Å². The lowest BCUT2D eigenvalue weighted by Crippen LogP contribution is -2.50. The molecule has 0 aliphatic heterocycles. The quantitative estimate of drug-likeness (QED) is 0.753. The van der Waals surface area contributed by atoms with Gasteiger partial charge in [-0.1, -0.05) is 38.1 Å². The predicted molar refractivity (Wildman–Crippen MR) is 111 cm³/mol. The molecular weight excluding hydrogens is 368 g/mol. The van der Waals surface area contributed by atoms with Crippen molar-refractivity contribution in [3.8, 4) is 11.5 Å². The highest BCUT2D eigenvalue weighted by molar-refractivity contribution is 5.98. The van der Waals surface area contributed by atoms with Crippen molar-refractivity contribution in [3.05, 3.63) is 59.2 Å². The number of carbonyl (C=O) groups is 2. The number of hydrogen-bond acceptors (Lipinski definition) is 4. The molecule has 0 spiro atoms. The van der Waals surface area contributed by atoms with Crippen LogP contribution in [0.1, 0.15) is 47.8 Å². The van der Waals surface area contributed by atoms with Gasteiger partial charge in [0.1, 0.15) is 17.5 Å². The van der Waals surface area contributed by atoms with E-state index in [-0.39, 0.29) is 23.8 Å². The van der Waals surface area contributed by atoms with Crippen molar-refractivity contribution < 1.29 is 19.1 Å². The molecule has 6 heteroatoms. The smallest absolute Gasteiger partial charge is 0.252 e. The summed E-state index contributed by atoms with van der Waals surface area (Å²) in [5, 5.41) is 5.99. The van der Waals surface area contributed by atoms with Crippen molar-refractivity contribution in [3.63, 3.8) is 0 Å². The Balaban J connectivity index is 1.73. The maximum atomic E-state index is 13.0. The van der Waals surface area contributed by atoms with Gasteiger partial charge in [0.15, 0.2) is 0 Å². The summed E-state index contributed by atoms with van der Waals surface area (Å²) in [7, 11) is 3.06. The topological polar surface area (TPSA) is 76.7 Å². The zero-order chi connectivity index (χ0) is 21.0. The van der Waals surface area contributed by atoms with Gasteiger partial charge in [0, 0.05) is 11.6 Å². The van der Waals surface area contributed by atoms with Crippen LogP contribution in [-0.4, -0.2) is 32.1 Å². The third-order valence-corrected chi connectivity index (χ3v) is 5.30. The van der Waals surface area contributed by atoms with Crippen molar-refractivity contribution in [2.45, 2.75) is 38.8 Å². The largest absolute Gasteiger partial charge is 0.497 e. The Morgan fingerprint density at radius 2 is 1.69 bits per heavy atom. The fraction of sp³-hybridized carbons (Fsp3) is 0.391. The van der Waals surface area contributed by atoms with Crippen LogP contribution < -0.4 is 20.1 Å². The molecule has 2 amide bonds. The van der Waals surface area contributed by atoms with Crippen molar-refractivity contribution >= 4 is 11.8 Å². The zero-order valence-corrected chi connectivity index (χ0v) is 17.3. The van der Waals surface area contributed by atoms with E-state index < -0.39 is 6.04 Å². The minimum absolute atomic E-state index is 0.0197. The number of hydrogen-bond donors (Lipinski definition) is 2. The first-order valence-corrected chi connectivity index (χ1v) is 9.85. The monoisotopic (exact) mass is 396 g/mol. The fourth-order valence-corrected chi connectivity index (χ4v) is 3.67. The van der Waals surface area contributed by atoms with E-state index in [1.165, 1.54) is 19.8 Å². The molecule has 1 aliphatic carbocycles. The molecule has 0 saturated carbocycles. The van der Waals surface area contributed by atoms with Crippen LogP contribution in [-0.2, 0) is 11.2 Å². The molecule has 154 valence electrons. The van der Waals surface area contributed by atoms with E-state index in [2.05, 4.69) is 22.8 Å².